The predicted octanol–water partition coefficient (Wildman–Crippen LogP) is 3.68. The quantitative estimate of drug-likeness (QED) is 0.810. The van der Waals surface area contributed by atoms with Crippen LogP contribution in [0.1, 0.15) is 25.3 Å². The first-order chi connectivity index (χ1) is 7.11. The summed E-state index contributed by atoms with van der Waals surface area (Å²) in [6, 6.07) is 8.49. The standard InChI is InChI=1S/C13H18BrN/c1-3-10(2)7-13(15)9-11-5-4-6-12(14)8-11/h4-6,8,13H,2-3,7,9,15H2,1H3. The van der Waals surface area contributed by atoms with Crippen LogP contribution >= 0.6 is 15.9 Å². The topological polar surface area (TPSA) is 26.0 Å². The van der Waals surface area contributed by atoms with Gasteiger partial charge in [-0.1, -0.05) is 47.1 Å². The van der Waals surface area contributed by atoms with Crippen LogP contribution in [0.25, 0.3) is 0 Å². The van der Waals surface area contributed by atoms with Gasteiger partial charge in [-0.3, -0.25) is 0 Å². The lowest BCUT2D eigenvalue weighted by Crippen LogP contribution is -2.23. The number of hydrogen-bond acceptors (Lipinski definition) is 1. The summed E-state index contributed by atoms with van der Waals surface area (Å²) < 4.78 is 1.11. The van der Waals surface area contributed by atoms with Gasteiger partial charge in [-0.05, 0) is 37.0 Å². The van der Waals surface area contributed by atoms with E-state index in [1.807, 2.05) is 12.1 Å². The maximum atomic E-state index is 6.06. The summed E-state index contributed by atoms with van der Waals surface area (Å²) in [4.78, 5) is 0. The van der Waals surface area contributed by atoms with Crippen molar-refractivity contribution < 1.29 is 0 Å². The first-order valence-electron chi connectivity index (χ1n) is 5.28. The Morgan fingerprint density at radius 2 is 2.27 bits per heavy atom. The van der Waals surface area contributed by atoms with Gasteiger partial charge in [0.25, 0.3) is 0 Å². The average Bonchev–Trinajstić information content (AvgIpc) is 2.17. The Bertz CT molecular complexity index is 333. The molecule has 1 rings (SSSR count). The number of nitrogens with two attached hydrogens (primary N) is 1. The van der Waals surface area contributed by atoms with Crippen molar-refractivity contribution in [2.24, 2.45) is 5.73 Å². The van der Waals surface area contributed by atoms with Crippen molar-refractivity contribution in [2.45, 2.75) is 32.2 Å². The molecule has 0 aliphatic rings. The number of hydrogen-bond donors (Lipinski definition) is 1. The Kier molecular flexibility index (Phi) is 5.06. The molecule has 0 aromatic heterocycles. The van der Waals surface area contributed by atoms with Gasteiger partial charge >= 0.3 is 0 Å². The van der Waals surface area contributed by atoms with Gasteiger partial charge in [-0.25, -0.2) is 0 Å². The summed E-state index contributed by atoms with van der Waals surface area (Å²) in [5, 5.41) is 0. The van der Waals surface area contributed by atoms with Crippen molar-refractivity contribution in [2.75, 3.05) is 0 Å². The Balaban J connectivity index is 2.51. The van der Waals surface area contributed by atoms with Crippen LogP contribution in [0, 0.1) is 0 Å². The SMILES string of the molecule is C=C(CC)CC(N)Cc1cccc(Br)c1. The first kappa shape index (κ1) is 12.5. The predicted molar refractivity (Wildman–Crippen MR) is 69.9 cm³/mol. The molecule has 0 fully saturated rings. The van der Waals surface area contributed by atoms with Crippen LogP contribution in [0.3, 0.4) is 0 Å². The largest absolute Gasteiger partial charge is 0.327 e. The molecule has 82 valence electrons. The molecular formula is C13H18BrN. The van der Waals surface area contributed by atoms with Crippen LogP contribution in [0.4, 0.5) is 0 Å². The highest BCUT2D eigenvalue weighted by Crippen LogP contribution is 2.15. The monoisotopic (exact) mass is 267 g/mol. The molecule has 0 saturated carbocycles. The lowest BCUT2D eigenvalue weighted by atomic mass is 9.99. The molecule has 2 N–H and O–H groups in total. The number of benzene rings is 1. The second-order valence-electron chi connectivity index (χ2n) is 3.90. The fourth-order valence-corrected chi connectivity index (χ4v) is 2.00. The average molecular weight is 268 g/mol. The highest BCUT2D eigenvalue weighted by molar-refractivity contribution is 9.10. The van der Waals surface area contributed by atoms with Crippen LogP contribution in [-0.4, -0.2) is 6.04 Å². The number of rotatable bonds is 5. The zero-order chi connectivity index (χ0) is 11.3. The summed E-state index contributed by atoms with van der Waals surface area (Å²) in [5.41, 5.74) is 8.57. The van der Waals surface area contributed by atoms with Crippen molar-refractivity contribution in [3.8, 4) is 0 Å². The zero-order valence-electron chi connectivity index (χ0n) is 9.17. The molecule has 0 bridgehead atoms. The molecule has 2 heteroatoms. The van der Waals surface area contributed by atoms with Crippen molar-refractivity contribution in [3.05, 3.63) is 46.5 Å². The molecular weight excluding hydrogens is 250 g/mol. The number of halogens is 1. The van der Waals surface area contributed by atoms with Gasteiger partial charge in [0.05, 0.1) is 0 Å². The van der Waals surface area contributed by atoms with Gasteiger partial charge < -0.3 is 5.73 Å². The highest BCUT2D eigenvalue weighted by atomic mass is 79.9. The van der Waals surface area contributed by atoms with Crippen molar-refractivity contribution in [1.29, 1.82) is 0 Å². The van der Waals surface area contributed by atoms with E-state index in [1.54, 1.807) is 0 Å². The lowest BCUT2D eigenvalue weighted by molar-refractivity contribution is 0.651. The molecule has 0 amide bonds. The molecule has 1 aromatic rings. The smallest absolute Gasteiger partial charge is 0.0178 e. The van der Waals surface area contributed by atoms with Gasteiger partial charge in [0.1, 0.15) is 0 Å². The van der Waals surface area contributed by atoms with E-state index >= 15 is 0 Å². The molecule has 0 saturated heterocycles. The molecule has 1 aromatic carbocycles. The van der Waals surface area contributed by atoms with E-state index in [1.165, 1.54) is 11.1 Å². The molecule has 0 radical (unpaired) electrons. The van der Waals surface area contributed by atoms with Gasteiger partial charge in [-0.2, -0.15) is 0 Å². The summed E-state index contributed by atoms with van der Waals surface area (Å²) in [5.74, 6) is 0. The fourth-order valence-electron chi connectivity index (χ4n) is 1.55. The third-order valence-electron chi connectivity index (χ3n) is 2.44. The van der Waals surface area contributed by atoms with Crippen LogP contribution in [0.2, 0.25) is 0 Å². The Morgan fingerprint density at radius 3 is 2.87 bits per heavy atom. The minimum absolute atomic E-state index is 0.187. The van der Waals surface area contributed by atoms with Gasteiger partial charge in [0.15, 0.2) is 0 Å². The Hall–Kier alpha value is -0.600. The molecule has 0 aliphatic carbocycles. The molecule has 1 nitrogen and oxygen atoms in total. The molecule has 1 atom stereocenters. The van der Waals surface area contributed by atoms with E-state index in [0.29, 0.717) is 0 Å². The second kappa shape index (κ2) is 6.09. The summed E-state index contributed by atoms with van der Waals surface area (Å²) in [6.07, 6.45) is 2.85. The van der Waals surface area contributed by atoms with E-state index in [-0.39, 0.29) is 6.04 Å². The van der Waals surface area contributed by atoms with Crippen molar-refractivity contribution >= 4 is 15.9 Å². The molecule has 15 heavy (non-hydrogen) atoms. The summed E-state index contributed by atoms with van der Waals surface area (Å²) in [6.45, 7) is 6.10. The van der Waals surface area contributed by atoms with E-state index in [2.05, 4.69) is 41.6 Å². The fraction of sp³-hybridized carbons (Fsp3) is 0.385. The minimum Gasteiger partial charge on any atom is -0.327 e. The Morgan fingerprint density at radius 1 is 1.53 bits per heavy atom. The Labute approximate surface area is 101 Å². The summed E-state index contributed by atoms with van der Waals surface area (Å²) >= 11 is 3.46. The lowest BCUT2D eigenvalue weighted by Gasteiger charge is -2.12. The van der Waals surface area contributed by atoms with E-state index in [0.717, 1.165) is 23.7 Å². The van der Waals surface area contributed by atoms with E-state index in [9.17, 15) is 0 Å². The van der Waals surface area contributed by atoms with Crippen molar-refractivity contribution in [1.82, 2.24) is 0 Å². The third-order valence-corrected chi connectivity index (χ3v) is 2.93. The van der Waals surface area contributed by atoms with Crippen LogP contribution in [0.5, 0.6) is 0 Å². The maximum Gasteiger partial charge on any atom is 0.0178 e. The maximum absolute atomic E-state index is 6.06. The van der Waals surface area contributed by atoms with Gasteiger partial charge in [0, 0.05) is 10.5 Å². The normalized spacial score (nSPS) is 12.5. The second-order valence-corrected chi connectivity index (χ2v) is 4.82. The van der Waals surface area contributed by atoms with E-state index < -0.39 is 0 Å². The summed E-state index contributed by atoms with van der Waals surface area (Å²) in [7, 11) is 0. The molecule has 0 aliphatic heterocycles. The minimum atomic E-state index is 0.187. The third kappa shape index (κ3) is 4.63. The van der Waals surface area contributed by atoms with Crippen LogP contribution in [-0.2, 0) is 6.42 Å². The molecule has 1 unspecified atom stereocenters. The zero-order valence-corrected chi connectivity index (χ0v) is 10.8. The van der Waals surface area contributed by atoms with E-state index in [4.69, 9.17) is 5.73 Å². The van der Waals surface area contributed by atoms with Crippen LogP contribution < -0.4 is 5.73 Å². The van der Waals surface area contributed by atoms with Crippen LogP contribution in [0.15, 0.2) is 40.9 Å². The van der Waals surface area contributed by atoms with Gasteiger partial charge in [0.2, 0.25) is 0 Å². The van der Waals surface area contributed by atoms with Gasteiger partial charge in [-0.15, -0.1) is 0 Å². The highest BCUT2D eigenvalue weighted by Gasteiger charge is 2.05. The molecule has 0 heterocycles. The molecule has 0 spiro atoms. The first-order valence-corrected chi connectivity index (χ1v) is 6.07. The van der Waals surface area contributed by atoms with Crippen molar-refractivity contribution in [3.63, 3.8) is 0 Å².